The van der Waals surface area contributed by atoms with Gasteiger partial charge in [-0.05, 0) is 48.5 Å². The van der Waals surface area contributed by atoms with E-state index < -0.39 is 0 Å². The summed E-state index contributed by atoms with van der Waals surface area (Å²) in [4.78, 5) is 7.86. The smallest absolute Gasteiger partial charge is 0.141 e. The van der Waals surface area contributed by atoms with Gasteiger partial charge in [0.2, 0.25) is 0 Å². The van der Waals surface area contributed by atoms with Crippen LogP contribution in [0.15, 0.2) is 126 Å². The zero-order valence-corrected chi connectivity index (χ0v) is 17.3. The SMILES string of the molecule is c1ccc2c(c1)Oc1ccccc1S2.c1ccc2c(c1)Sc1ccccc1S2. The molecule has 0 bridgehead atoms. The predicted molar refractivity (Wildman–Crippen MR) is 118 cm³/mol. The molecule has 0 aliphatic carbocycles. The van der Waals surface area contributed by atoms with Gasteiger partial charge >= 0.3 is 0 Å². The Bertz CT molecular complexity index is 874. The van der Waals surface area contributed by atoms with Crippen LogP contribution in [-0.2, 0) is 0 Å². The second-order valence-corrected chi connectivity index (χ2v) is 9.45. The van der Waals surface area contributed by atoms with Gasteiger partial charge < -0.3 is 4.74 Å². The van der Waals surface area contributed by atoms with Gasteiger partial charge in [0.05, 0.1) is 9.79 Å². The first-order valence-electron chi connectivity index (χ1n) is 8.94. The van der Waals surface area contributed by atoms with Crippen LogP contribution in [0.1, 0.15) is 0 Å². The van der Waals surface area contributed by atoms with Gasteiger partial charge in [0.1, 0.15) is 11.5 Å². The van der Waals surface area contributed by atoms with Crippen LogP contribution in [0.5, 0.6) is 11.5 Å². The fourth-order valence-corrected chi connectivity index (χ4v) is 6.13. The quantitative estimate of drug-likeness (QED) is 0.246. The van der Waals surface area contributed by atoms with Crippen LogP contribution in [0.3, 0.4) is 0 Å². The molecule has 0 saturated carbocycles. The Balaban J connectivity index is 0.000000122. The molecule has 6 rings (SSSR count). The molecule has 1 nitrogen and oxygen atoms in total. The minimum Gasteiger partial charge on any atom is -0.455 e. The summed E-state index contributed by atoms with van der Waals surface area (Å²) in [6.07, 6.45) is 0. The Morgan fingerprint density at radius 3 is 1.04 bits per heavy atom. The number of hydrogen-bond acceptors (Lipinski definition) is 4. The van der Waals surface area contributed by atoms with Gasteiger partial charge in [-0.15, -0.1) is 0 Å². The second kappa shape index (κ2) is 8.00. The molecule has 4 aromatic rings. The van der Waals surface area contributed by atoms with Crippen molar-refractivity contribution >= 4 is 35.3 Å². The first-order chi connectivity index (χ1) is 13.9. The molecule has 4 heteroatoms. The highest BCUT2D eigenvalue weighted by molar-refractivity contribution is 8.05. The zero-order chi connectivity index (χ0) is 18.8. The van der Waals surface area contributed by atoms with Crippen molar-refractivity contribution in [2.75, 3.05) is 0 Å². The van der Waals surface area contributed by atoms with Gasteiger partial charge in [-0.2, -0.15) is 0 Å². The third-order valence-electron chi connectivity index (χ3n) is 4.28. The highest BCUT2D eigenvalue weighted by atomic mass is 32.2. The highest BCUT2D eigenvalue weighted by Crippen LogP contribution is 2.48. The van der Waals surface area contributed by atoms with Crippen molar-refractivity contribution in [1.82, 2.24) is 0 Å². The fourth-order valence-electron chi connectivity index (χ4n) is 2.95. The number of hydrogen-bond donors (Lipinski definition) is 0. The molecule has 0 unspecified atom stereocenters. The molecule has 2 heterocycles. The largest absolute Gasteiger partial charge is 0.455 e. The van der Waals surface area contributed by atoms with Gasteiger partial charge in [-0.1, -0.05) is 83.8 Å². The lowest BCUT2D eigenvalue weighted by atomic mass is 10.3. The van der Waals surface area contributed by atoms with Gasteiger partial charge in [-0.3, -0.25) is 0 Å². The summed E-state index contributed by atoms with van der Waals surface area (Å²) in [5.41, 5.74) is 0. The Morgan fingerprint density at radius 1 is 0.357 bits per heavy atom. The molecule has 4 aromatic carbocycles. The van der Waals surface area contributed by atoms with Crippen molar-refractivity contribution in [2.45, 2.75) is 29.4 Å². The molecule has 0 aromatic heterocycles. The van der Waals surface area contributed by atoms with Crippen molar-refractivity contribution < 1.29 is 4.74 Å². The monoisotopic (exact) mass is 416 g/mol. The van der Waals surface area contributed by atoms with E-state index in [1.54, 1.807) is 11.8 Å². The van der Waals surface area contributed by atoms with Crippen molar-refractivity contribution in [2.24, 2.45) is 0 Å². The van der Waals surface area contributed by atoms with Crippen LogP contribution in [0.4, 0.5) is 0 Å². The number of ether oxygens (including phenoxy) is 1. The molecule has 0 fully saturated rings. The van der Waals surface area contributed by atoms with E-state index in [1.807, 2.05) is 59.9 Å². The van der Waals surface area contributed by atoms with Crippen LogP contribution in [0.25, 0.3) is 0 Å². The molecular formula is C24H16OS3. The Morgan fingerprint density at radius 2 is 0.643 bits per heavy atom. The van der Waals surface area contributed by atoms with E-state index in [0.717, 1.165) is 11.5 Å². The van der Waals surface area contributed by atoms with E-state index in [4.69, 9.17) is 4.74 Å². The molecule has 136 valence electrons. The van der Waals surface area contributed by atoms with E-state index in [0.29, 0.717) is 0 Å². The van der Waals surface area contributed by atoms with Gasteiger partial charge in [0.15, 0.2) is 0 Å². The molecule has 0 amide bonds. The molecular weight excluding hydrogens is 400 g/mol. The van der Waals surface area contributed by atoms with E-state index in [-0.39, 0.29) is 0 Å². The Labute approximate surface area is 177 Å². The third-order valence-corrected chi connectivity index (χ3v) is 7.95. The number of rotatable bonds is 0. The molecule has 2 aliphatic rings. The van der Waals surface area contributed by atoms with E-state index >= 15 is 0 Å². The molecule has 0 saturated heterocycles. The maximum Gasteiger partial charge on any atom is 0.141 e. The minimum absolute atomic E-state index is 0.955. The van der Waals surface area contributed by atoms with Crippen LogP contribution in [-0.4, -0.2) is 0 Å². The molecule has 0 N–H and O–H groups in total. The van der Waals surface area contributed by atoms with Crippen molar-refractivity contribution in [3.63, 3.8) is 0 Å². The lowest BCUT2D eigenvalue weighted by molar-refractivity contribution is 0.454. The number of benzene rings is 4. The second-order valence-electron chi connectivity index (χ2n) is 6.20. The molecule has 2 aliphatic heterocycles. The highest BCUT2D eigenvalue weighted by Gasteiger charge is 2.16. The van der Waals surface area contributed by atoms with Crippen molar-refractivity contribution in [3.05, 3.63) is 97.1 Å². The van der Waals surface area contributed by atoms with Crippen LogP contribution in [0, 0.1) is 0 Å². The average Bonchev–Trinajstić information content (AvgIpc) is 2.76. The summed E-state index contributed by atoms with van der Waals surface area (Å²) in [7, 11) is 0. The van der Waals surface area contributed by atoms with Gasteiger partial charge in [0, 0.05) is 19.6 Å². The van der Waals surface area contributed by atoms with Crippen LogP contribution in [0.2, 0.25) is 0 Å². The number of para-hydroxylation sites is 2. The predicted octanol–water partition coefficient (Wildman–Crippen LogP) is 8.25. The topological polar surface area (TPSA) is 9.23 Å². The van der Waals surface area contributed by atoms with E-state index in [1.165, 1.54) is 29.4 Å². The lowest BCUT2D eigenvalue weighted by Gasteiger charge is -2.18. The van der Waals surface area contributed by atoms with Crippen LogP contribution >= 0.6 is 35.3 Å². The summed E-state index contributed by atoms with van der Waals surface area (Å²) in [6, 6.07) is 33.3. The molecule has 0 atom stereocenters. The normalized spacial score (nSPS) is 12.9. The van der Waals surface area contributed by atoms with E-state index in [2.05, 4.69) is 60.7 Å². The van der Waals surface area contributed by atoms with Crippen molar-refractivity contribution in [1.29, 1.82) is 0 Å². The summed E-state index contributed by atoms with van der Waals surface area (Å²) in [5, 5.41) is 0. The van der Waals surface area contributed by atoms with E-state index in [9.17, 15) is 0 Å². The van der Waals surface area contributed by atoms with Crippen LogP contribution < -0.4 is 4.74 Å². The summed E-state index contributed by atoms with van der Waals surface area (Å²) in [5.74, 6) is 1.91. The Hall–Kier alpha value is -2.27. The fraction of sp³-hybridized carbons (Fsp3) is 0. The summed E-state index contributed by atoms with van der Waals surface area (Å²) < 4.78 is 5.76. The van der Waals surface area contributed by atoms with Crippen molar-refractivity contribution in [3.8, 4) is 11.5 Å². The molecule has 0 spiro atoms. The first kappa shape index (κ1) is 17.8. The lowest BCUT2D eigenvalue weighted by Crippen LogP contribution is -1.93. The van der Waals surface area contributed by atoms with Gasteiger partial charge in [-0.25, -0.2) is 0 Å². The number of fused-ring (bicyclic) bond motifs is 4. The summed E-state index contributed by atoms with van der Waals surface area (Å²) >= 11 is 5.48. The third kappa shape index (κ3) is 3.68. The summed E-state index contributed by atoms with van der Waals surface area (Å²) in [6.45, 7) is 0. The standard InChI is InChI=1S/C12H8OS.C12H8S2/c1-3-7-11-9(5-1)13-10-6-2-4-8-12(10)14-11;1-2-6-10-9(5-1)13-11-7-3-4-8-12(11)14-10/h2*1-8H. The Kier molecular flexibility index (Phi) is 5.08. The maximum atomic E-state index is 5.76. The minimum atomic E-state index is 0.955. The average molecular weight is 417 g/mol. The molecule has 28 heavy (non-hydrogen) atoms. The van der Waals surface area contributed by atoms with Gasteiger partial charge in [0.25, 0.3) is 0 Å². The maximum absolute atomic E-state index is 5.76. The molecule has 0 radical (unpaired) electrons. The zero-order valence-electron chi connectivity index (χ0n) is 14.9. The first-order valence-corrected chi connectivity index (χ1v) is 11.4.